The molecule has 0 fully saturated rings. The summed E-state index contributed by atoms with van der Waals surface area (Å²) in [5, 5.41) is 0.709. The van der Waals surface area contributed by atoms with Crippen molar-refractivity contribution in [3.63, 3.8) is 0 Å². The van der Waals surface area contributed by atoms with E-state index in [0.29, 0.717) is 11.6 Å². The van der Waals surface area contributed by atoms with Gasteiger partial charge in [-0.05, 0) is 54.8 Å². The first kappa shape index (κ1) is 14.9. The third-order valence-corrected chi connectivity index (χ3v) is 3.29. The molecule has 2 aromatic carbocycles. The van der Waals surface area contributed by atoms with Gasteiger partial charge in [0.1, 0.15) is 5.75 Å². The molecule has 0 aliphatic rings. The van der Waals surface area contributed by atoms with Gasteiger partial charge in [0.05, 0.1) is 12.6 Å². The molecule has 0 aliphatic carbocycles. The Morgan fingerprint density at radius 3 is 2.65 bits per heavy atom. The molecule has 0 amide bonds. The van der Waals surface area contributed by atoms with Gasteiger partial charge in [-0.1, -0.05) is 29.8 Å². The molecule has 106 valence electrons. The Balaban J connectivity index is 2.38. The van der Waals surface area contributed by atoms with E-state index in [1.165, 1.54) is 0 Å². The first-order valence-electron chi connectivity index (χ1n) is 6.60. The Kier molecular flexibility index (Phi) is 5.01. The average molecular weight is 291 g/mol. The van der Waals surface area contributed by atoms with Crippen LogP contribution < -0.4 is 16.0 Å². The van der Waals surface area contributed by atoms with Crippen LogP contribution in [0.4, 0.5) is 0 Å². The van der Waals surface area contributed by atoms with Gasteiger partial charge in [0, 0.05) is 5.02 Å². The van der Waals surface area contributed by atoms with Gasteiger partial charge in [0.25, 0.3) is 0 Å². The third-order valence-electron chi connectivity index (χ3n) is 3.07. The smallest absolute Gasteiger partial charge is 0.119 e. The minimum absolute atomic E-state index is 0.118. The predicted molar refractivity (Wildman–Crippen MR) is 83.0 cm³/mol. The van der Waals surface area contributed by atoms with Crippen molar-refractivity contribution in [2.45, 2.75) is 19.9 Å². The molecule has 0 heterocycles. The summed E-state index contributed by atoms with van der Waals surface area (Å²) in [7, 11) is 0. The number of benzene rings is 2. The molecule has 0 bridgehead atoms. The van der Waals surface area contributed by atoms with Gasteiger partial charge in [-0.15, -0.1) is 0 Å². The van der Waals surface area contributed by atoms with Crippen LogP contribution in [0.2, 0.25) is 5.02 Å². The summed E-state index contributed by atoms with van der Waals surface area (Å²) in [5.74, 6) is 6.56. The van der Waals surface area contributed by atoms with Crippen LogP contribution in [0, 0.1) is 6.92 Å². The second-order valence-electron chi connectivity index (χ2n) is 4.67. The van der Waals surface area contributed by atoms with Crippen molar-refractivity contribution in [1.29, 1.82) is 0 Å². The molecule has 0 radical (unpaired) electrons. The van der Waals surface area contributed by atoms with Crippen LogP contribution in [0.15, 0.2) is 42.5 Å². The summed E-state index contributed by atoms with van der Waals surface area (Å²) in [6, 6.07) is 13.7. The Bertz CT molecular complexity index is 566. The number of nitrogens with one attached hydrogen (secondary N) is 1. The number of hydrogen-bond donors (Lipinski definition) is 2. The standard InChI is InChI=1S/C16H19ClN2O/c1-3-20-15-6-4-5-12(10-15)16(19-18)13-7-11(2)8-14(17)9-13/h4-10,16,19H,3,18H2,1-2H3. The van der Waals surface area contributed by atoms with E-state index >= 15 is 0 Å². The van der Waals surface area contributed by atoms with Crippen molar-refractivity contribution in [3.05, 3.63) is 64.2 Å². The molecular weight excluding hydrogens is 272 g/mol. The molecule has 0 aromatic heterocycles. The largest absolute Gasteiger partial charge is 0.494 e. The molecule has 0 spiro atoms. The second-order valence-corrected chi connectivity index (χ2v) is 5.10. The van der Waals surface area contributed by atoms with Gasteiger partial charge in [-0.25, -0.2) is 5.43 Å². The fourth-order valence-corrected chi connectivity index (χ4v) is 2.56. The van der Waals surface area contributed by atoms with Crippen molar-refractivity contribution >= 4 is 11.6 Å². The lowest BCUT2D eigenvalue weighted by Crippen LogP contribution is -2.28. The third kappa shape index (κ3) is 3.51. The SMILES string of the molecule is CCOc1cccc(C(NN)c2cc(C)cc(Cl)c2)c1. The monoisotopic (exact) mass is 290 g/mol. The van der Waals surface area contributed by atoms with Gasteiger partial charge in [-0.3, -0.25) is 5.84 Å². The van der Waals surface area contributed by atoms with E-state index in [1.807, 2.05) is 50.2 Å². The lowest BCUT2D eigenvalue weighted by molar-refractivity contribution is 0.339. The van der Waals surface area contributed by atoms with Gasteiger partial charge >= 0.3 is 0 Å². The van der Waals surface area contributed by atoms with E-state index < -0.39 is 0 Å². The molecule has 1 unspecified atom stereocenters. The van der Waals surface area contributed by atoms with Crippen LogP contribution in [0.5, 0.6) is 5.75 Å². The lowest BCUT2D eigenvalue weighted by atomic mass is 9.98. The average Bonchev–Trinajstić information content (AvgIpc) is 2.39. The number of halogens is 1. The first-order valence-corrected chi connectivity index (χ1v) is 6.97. The zero-order chi connectivity index (χ0) is 14.5. The summed E-state index contributed by atoms with van der Waals surface area (Å²) < 4.78 is 5.53. The zero-order valence-electron chi connectivity index (χ0n) is 11.7. The molecular formula is C16H19ClN2O. The highest BCUT2D eigenvalue weighted by Gasteiger charge is 2.14. The van der Waals surface area contributed by atoms with E-state index in [0.717, 1.165) is 22.4 Å². The number of aryl methyl sites for hydroxylation is 1. The number of ether oxygens (including phenoxy) is 1. The Hall–Kier alpha value is -1.55. The van der Waals surface area contributed by atoms with Gasteiger partial charge in [0.15, 0.2) is 0 Å². The molecule has 0 aliphatic heterocycles. The van der Waals surface area contributed by atoms with E-state index in [1.54, 1.807) is 0 Å². The maximum atomic E-state index is 6.13. The molecule has 0 saturated carbocycles. The van der Waals surface area contributed by atoms with Gasteiger partial charge < -0.3 is 4.74 Å². The highest BCUT2D eigenvalue weighted by atomic mass is 35.5. The minimum atomic E-state index is -0.118. The number of nitrogens with two attached hydrogens (primary N) is 1. The molecule has 2 rings (SSSR count). The van der Waals surface area contributed by atoms with E-state index in [9.17, 15) is 0 Å². The first-order chi connectivity index (χ1) is 9.63. The fourth-order valence-electron chi connectivity index (χ4n) is 2.27. The molecule has 0 saturated heterocycles. The fraction of sp³-hybridized carbons (Fsp3) is 0.250. The summed E-state index contributed by atoms with van der Waals surface area (Å²) in [6.45, 7) is 4.62. The zero-order valence-corrected chi connectivity index (χ0v) is 12.4. The van der Waals surface area contributed by atoms with Crippen molar-refractivity contribution in [1.82, 2.24) is 5.43 Å². The van der Waals surface area contributed by atoms with Crippen LogP contribution in [-0.2, 0) is 0 Å². The summed E-state index contributed by atoms with van der Waals surface area (Å²) in [4.78, 5) is 0. The van der Waals surface area contributed by atoms with Crippen LogP contribution in [-0.4, -0.2) is 6.61 Å². The Labute approximate surface area is 124 Å². The van der Waals surface area contributed by atoms with Crippen LogP contribution >= 0.6 is 11.6 Å². The minimum Gasteiger partial charge on any atom is -0.494 e. The van der Waals surface area contributed by atoms with Crippen molar-refractivity contribution in [2.24, 2.45) is 5.84 Å². The van der Waals surface area contributed by atoms with Crippen LogP contribution in [0.25, 0.3) is 0 Å². The van der Waals surface area contributed by atoms with E-state index in [4.69, 9.17) is 22.2 Å². The van der Waals surface area contributed by atoms with E-state index in [-0.39, 0.29) is 6.04 Å². The quantitative estimate of drug-likeness (QED) is 0.653. The van der Waals surface area contributed by atoms with Crippen molar-refractivity contribution in [2.75, 3.05) is 6.61 Å². The topological polar surface area (TPSA) is 47.3 Å². The highest BCUT2D eigenvalue weighted by Crippen LogP contribution is 2.27. The second kappa shape index (κ2) is 6.75. The van der Waals surface area contributed by atoms with Crippen LogP contribution in [0.1, 0.15) is 29.7 Å². The maximum Gasteiger partial charge on any atom is 0.119 e. The van der Waals surface area contributed by atoms with Gasteiger partial charge in [0.2, 0.25) is 0 Å². The maximum absolute atomic E-state index is 6.13. The van der Waals surface area contributed by atoms with E-state index in [2.05, 4.69) is 11.5 Å². The van der Waals surface area contributed by atoms with Crippen LogP contribution in [0.3, 0.4) is 0 Å². The van der Waals surface area contributed by atoms with Gasteiger partial charge in [-0.2, -0.15) is 0 Å². The summed E-state index contributed by atoms with van der Waals surface area (Å²) in [6.07, 6.45) is 0. The predicted octanol–water partition coefficient (Wildman–Crippen LogP) is 3.60. The number of rotatable bonds is 5. The molecule has 3 nitrogen and oxygen atoms in total. The normalized spacial score (nSPS) is 12.2. The highest BCUT2D eigenvalue weighted by molar-refractivity contribution is 6.30. The Morgan fingerprint density at radius 2 is 2.00 bits per heavy atom. The van der Waals surface area contributed by atoms with Crippen molar-refractivity contribution in [3.8, 4) is 5.75 Å². The molecule has 4 heteroatoms. The molecule has 2 aromatic rings. The number of hydrazine groups is 1. The lowest BCUT2D eigenvalue weighted by Gasteiger charge is -2.18. The molecule has 1 atom stereocenters. The molecule has 20 heavy (non-hydrogen) atoms. The summed E-state index contributed by atoms with van der Waals surface area (Å²) in [5.41, 5.74) is 6.02. The molecule has 3 N–H and O–H groups in total. The van der Waals surface area contributed by atoms with Crippen molar-refractivity contribution < 1.29 is 4.74 Å². The Morgan fingerprint density at radius 1 is 1.20 bits per heavy atom. The number of hydrogen-bond acceptors (Lipinski definition) is 3. The summed E-state index contributed by atoms with van der Waals surface area (Å²) >= 11 is 6.13.